The van der Waals surface area contributed by atoms with Gasteiger partial charge in [0.25, 0.3) is 0 Å². The number of rotatable bonds is 5. The lowest BCUT2D eigenvalue weighted by atomic mass is 10.1. The second-order valence-corrected chi connectivity index (χ2v) is 4.59. The summed E-state index contributed by atoms with van der Waals surface area (Å²) in [6.45, 7) is 7.37. The molecule has 1 rings (SSSR count). The van der Waals surface area contributed by atoms with Crippen LogP contribution >= 0.6 is 0 Å². The van der Waals surface area contributed by atoms with Gasteiger partial charge in [-0.15, -0.1) is 4.91 Å². The number of nitrogens with zero attached hydrogens (tertiary/aromatic N) is 3. The predicted octanol–water partition coefficient (Wildman–Crippen LogP) is 3.37. The van der Waals surface area contributed by atoms with E-state index >= 15 is 0 Å². The van der Waals surface area contributed by atoms with Crippen molar-refractivity contribution in [3.63, 3.8) is 0 Å². The third-order valence-electron chi connectivity index (χ3n) is 3.05. The molecule has 1 heterocycles. The van der Waals surface area contributed by atoms with Crippen LogP contribution in [0.2, 0.25) is 0 Å². The minimum absolute atomic E-state index is 0.363. The molecule has 1 aromatic rings. The van der Waals surface area contributed by atoms with Crippen LogP contribution in [0, 0.1) is 11.8 Å². The van der Waals surface area contributed by atoms with Crippen molar-refractivity contribution in [3.05, 3.63) is 45.8 Å². The van der Waals surface area contributed by atoms with Crippen molar-refractivity contribution in [1.82, 2.24) is 4.98 Å². The molecule has 0 spiro atoms. The van der Waals surface area contributed by atoms with Gasteiger partial charge in [-0.2, -0.15) is 0 Å². The molecule has 0 saturated carbocycles. The Morgan fingerprint density at radius 1 is 1.35 bits per heavy atom. The van der Waals surface area contributed by atoms with Gasteiger partial charge in [-0.3, -0.25) is 14.8 Å². The van der Waals surface area contributed by atoms with E-state index in [4.69, 9.17) is 0 Å². The number of aromatic nitrogens is 1. The fourth-order valence-electron chi connectivity index (χ4n) is 1.99. The summed E-state index contributed by atoms with van der Waals surface area (Å²) in [7, 11) is 0. The van der Waals surface area contributed by atoms with Gasteiger partial charge >= 0.3 is 5.91 Å². The molecule has 0 aromatic carbocycles. The molecule has 106 valence electrons. The van der Waals surface area contributed by atoms with Crippen molar-refractivity contribution in [3.8, 4) is 0 Å². The molecule has 0 bridgehead atoms. The maximum Gasteiger partial charge on any atom is 0.314 e. The van der Waals surface area contributed by atoms with Crippen molar-refractivity contribution in [2.24, 2.45) is 10.2 Å². The number of aliphatic imine (C=N–C) groups is 1. The number of aryl methyl sites for hydroxylation is 1. The standard InChI is InChI=1S/C15H19N3O2/c1-5-14(15(19)18-20)12(4)17-10(2)9-13-7-6-8-16-11(13)3/h6-8H,5,9H2,1-4H3/b14-12+,17-10+. The zero-order chi connectivity index (χ0) is 15.1. The van der Waals surface area contributed by atoms with Crippen LogP contribution in [0.5, 0.6) is 0 Å². The third kappa shape index (κ3) is 4.19. The van der Waals surface area contributed by atoms with E-state index in [1.54, 1.807) is 20.0 Å². The predicted molar refractivity (Wildman–Crippen MR) is 79.6 cm³/mol. The molecular weight excluding hydrogens is 254 g/mol. The Morgan fingerprint density at radius 3 is 2.60 bits per heavy atom. The summed E-state index contributed by atoms with van der Waals surface area (Å²) in [5.74, 6) is -0.737. The zero-order valence-electron chi connectivity index (χ0n) is 12.3. The Labute approximate surface area is 118 Å². The van der Waals surface area contributed by atoms with Gasteiger partial charge in [-0.25, -0.2) is 0 Å². The van der Waals surface area contributed by atoms with Crippen LogP contribution in [0.3, 0.4) is 0 Å². The summed E-state index contributed by atoms with van der Waals surface area (Å²) < 4.78 is 0. The van der Waals surface area contributed by atoms with Gasteiger partial charge in [0.2, 0.25) is 0 Å². The van der Waals surface area contributed by atoms with Gasteiger partial charge in [-0.1, -0.05) is 13.0 Å². The molecule has 0 atom stereocenters. The molecule has 1 amide bonds. The molecular formula is C15H19N3O2. The Morgan fingerprint density at radius 2 is 2.05 bits per heavy atom. The molecule has 1 aromatic heterocycles. The molecule has 0 aliphatic carbocycles. The molecule has 5 heteroatoms. The van der Waals surface area contributed by atoms with Crippen molar-refractivity contribution in [2.75, 3.05) is 0 Å². The van der Waals surface area contributed by atoms with Gasteiger partial charge in [0.05, 0.1) is 0 Å². The molecule has 5 nitrogen and oxygen atoms in total. The number of amides is 1. The summed E-state index contributed by atoms with van der Waals surface area (Å²) in [4.78, 5) is 30.3. The average Bonchev–Trinajstić information content (AvgIpc) is 2.41. The summed E-state index contributed by atoms with van der Waals surface area (Å²) in [6.07, 6.45) is 2.86. The zero-order valence-corrected chi connectivity index (χ0v) is 12.3. The molecule has 0 aliphatic heterocycles. The first-order chi connectivity index (χ1) is 9.49. The molecule has 0 saturated heterocycles. The lowest BCUT2D eigenvalue weighted by Crippen LogP contribution is -2.04. The summed E-state index contributed by atoms with van der Waals surface area (Å²) in [5, 5.41) is 2.46. The highest BCUT2D eigenvalue weighted by atomic mass is 16.3. The quantitative estimate of drug-likeness (QED) is 0.469. The van der Waals surface area contributed by atoms with Crippen LogP contribution in [0.15, 0.2) is 39.8 Å². The average molecular weight is 273 g/mol. The van der Waals surface area contributed by atoms with Crippen LogP contribution in [0.4, 0.5) is 0 Å². The number of nitroso groups, excluding NO2 is 1. The number of carbonyl (C=O) groups is 1. The Hall–Kier alpha value is -2.17. The van der Waals surface area contributed by atoms with E-state index in [1.807, 2.05) is 26.0 Å². The van der Waals surface area contributed by atoms with E-state index < -0.39 is 5.91 Å². The van der Waals surface area contributed by atoms with E-state index in [9.17, 15) is 9.70 Å². The highest BCUT2D eigenvalue weighted by Gasteiger charge is 2.11. The van der Waals surface area contributed by atoms with E-state index in [0.717, 1.165) is 17.0 Å². The van der Waals surface area contributed by atoms with Gasteiger partial charge in [0, 0.05) is 40.5 Å². The summed E-state index contributed by atoms with van der Waals surface area (Å²) >= 11 is 0. The number of hydrogen-bond donors (Lipinski definition) is 0. The van der Waals surface area contributed by atoms with E-state index in [2.05, 4.69) is 15.2 Å². The Kier molecular flexibility index (Phi) is 5.90. The van der Waals surface area contributed by atoms with Gasteiger partial charge in [0.1, 0.15) is 0 Å². The van der Waals surface area contributed by atoms with Gasteiger partial charge < -0.3 is 0 Å². The highest BCUT2D eigenvalue weighted by molar-refractivity contribution is 5.95. The highest BCUT2D eigenvalue weighted by Crippen LogP contribution is 2.13. The van der Waals surface area contributed by atoms with Crippen LogP contribution in [0.25, 0.3) is 0 Å². The van der Waals surface area contributed by atoms with Crippen molar-refractivity contribution in [1.29, 1.82) is 0 Å². The SMILES string of the molecule is CC/C(C(=O)N=O)=C(C)\N=C(/C)Cc1cccnc1C. The Balaban J connectivity index is 2.98. The normalized spacial score (nSPS) is 12.9. The number of hydrogen-bond acceptors (Lipinski definition) is 4. The molecule has 0 N–H and O–H groups in total. The summed E-state index contributed by atoms with van der Waals surface area (Å²) in [6, 6.07) is 3.88. The fourth-order valence-corrected chi connectivity index (χ4v) is 1.99. The largest absolute Gasteiger partial charge is 0.314 e. The van der Waals surface area contributed by atoms with Crippen molar-refractivity contribution >= 4 is 11.6 Å². The first-order valence-electron chi connectivity index (χ1n) is 6.51. The third-order valence-corrected chi connectivity index (χ3v) is 3.05. The number of pyridine rings is 1. The fraction of sp³-hybridized carbons (Fsp3) is 0.400. The van der Waals surface area contributed by atoms with Gasteiger partial charge in [-0.05, 0) is 38.8 Å². The molecule has 0 aliphatic rings. The topological polar surface area (TPSA) is 71.8 Å². The van der Waals surface area contributed by atoms with Crippen molar-refractivity contribution in [2.45, 2.75) is 40.5 Å². The van der Waals surface area contributed by atoms with Crippen LogP contribution < -0.4 is 0 Å². The maximum absolute atomic E-state index is 11.4. The minimum Gasteiger partial charge on any atom is -0.264 e. The first kappa shape index (κ1) is 15.9. The smallest absolute Gasteiger partial charge is 0.264 e. The second kappa shape index (κ2) is 7.43. The van der Waals surface area contributed by atoms with E-state index in [-0.39, 0.29) is 0 Å². The number of carbonyl (C=O) groups excluding carboxylic acids is 1. The number of allylic oxidation sites excluding steroid dienone is 1. The molecule has 0 fully saturated rings. The Bertz CT molecular complexity index is 574. The van der Waals surface area contributed by atoms with Crippen LogP contribution in [-0.2, 0) is 11.2 Å². The molecule has 0 radical (unpaired) electrons. The van der Waals surface area contributed by atoms with Crippen LogP contribution in [0.1, 0.15) is 38.4 Å². The van der Waals surface area contributed by atoms with Crippen molar-refractivity contribution < 1.29 is 4.79 Å². The molecule has 20 heavy (non-hydrogen) atoms. The first-order valence-corrected chi connectivity index (χ1v) is 6.51. The van der Waals surface area contributed by atoms with E-state index in [1.165, 1.54) is 0 Å². The van der Waals surface area contributed by atoms with Gasteiger partial charge in [0.15, 0.2) is 0 Å². The summed E-state index contributed by atoms with van der Waals surface area (Å²) in [5.41, 5.74) is 3.84. The van der Waals surface area contributed by atoms with E-state index in [0.29, 0.717) is 24.1 Å². The minimum atomic E-state index is -0.737. The van der Waals surface area contributed by atoms with Crippen LogP contribution in [-0.4, -0.2) is 16.6 Å². The molecule has 0 unspecified atom stereocenters. The lowest BCUT2D eigenvalue weighted by molar-refractivity contribution is -0.114. The monoisotopic (exact) mass is 273 g/mol. The maximum atomic E-state index is 11.4. The lowest BCUT2D eigenvalue weighted by Gasteiger charge is -2.06. The second-order valence-electron chi connectivity index (χ2n) is 4.59.